The molecule has 0 radical (unpaired) electrons. The summed E-state index contributed by atoms with van der Waals surface area (Å²) in [6.45, 7) is 3.09. The van der Waals surface area contributed by atoms with Crippen LogP contribution in [0.2, 0.25) is 0 Å². The molecule has 4 nitrogen and oxygen atoms in total. The van der Waals surface area contributed by atoms with Gasteiger partial charge >= 0.3 is 0 Å². The van der Waals surface area contributed by atoms with E-state index in [1.54, 1.807) is 11.3 Å². The number of hydrogen-bond donors (Lipinski definition) is 0. The maximum Gasteiger partial charge on any atom is 0.254 e. The lowest BCUT2D eigenvalue weighted by Gasteiger charge is -2.34. The highest BCUT2D eigenvalue weighted by Gasteiger charge is 2.33. The van der Waals surface area contributed by atoms with Gasteiger partial charge in [0.05, 0.1) is 18.8 Å². The van der Waals surface area contributed by atoms with Crippen LogP contribution < -0.4 is 0 Å². The lowest BCUT2D eigenvalue weighted by molar-refractivity contribution is -0.0956. The minimum atomic E-state index is -0.0360. The molecule has 0 spiro atoms. The van der Waals surface area contributed by atoms with Crippen molar-refractivity contribution in [2.24, 2.45) is 5.92 Å². The zero-order valence-corrected chi connectivity index (χ0v) is 13.7. The minimum absolute atomic E-state index is 0.0360. The molecular weight excluding hydrogens is 298 g/mol. The lowest BCUT2D eigenvalue weighted by Crippen LogP contribution is -2.41. The molecule has 1 amide bonds. The summed E-state index contributed by atoms with van der Waals surface area (Å²) in [5, 5.41) is 2.09. The highest BCUT2D eigenvalue weighted by atomic mass is 32.1. The van der Waals surface area contributed by atoms with E-state index in [4.69, 9.17) is 9.47 Å². The van der Waals surface area contributed by atoms with Gasteiger partial charge in [-0.3, -0.25) is 4.79 Å². The van der Waals surface area contributed by atoms with E-state index in [9.17, 15) is 4.79 Å². The maximum atomic E-state index is 12.8. The van der Waals surface area contributed by atoms with Crippen molar-refractivity contribution in [2.75, 3.05) is 26.3 Å². The second-order valence-corrected chi connectivity index (χ2v) is 7.46. The fourth-order valence-corrected chi connectivity index (χ4v) is 4.99. The number of rotatable bonds is 2. The Labute approximate surface area is 135 Å². The molecule has 0 saturated carbocycles. The van der Waals surface area contributed by atoms with Crippen molar-refractivity contribution in [2.45, 2.75) is 44.8 Å². The van der Waals surface area contributed by atoms with Gasteiger partial charge in [-0.1, -0.05) is 0 Å². The highest BCUT2D eigenvalue weighted by molar-refractivity contribution is 7.10. The number of likely N-dealkylation sites (tertiary alicyclic amines) is 1. The number of piperidine rings is 1. The summed E-state index contributed by atoms with van der Waals surface area (Å²) in [6.07, 6.45) is 6.68. The average molecular weight is 321 g/mol. The Balaban J connectivity index is 1.40. The Morgan fingerprint density at radius 1 is 1.14 bits per heavy atom. The lowest BCUT2D eigenvalue weighted by atomic mass is 9.93. The Bertz CT molecular complexity index is 542. The molecule has 0 unspecified atom stereocenters. The molecule has 3 heterocycles. The molecule has 1 aromatic rings. The van der Waals surface area contributed by atoms with Crippen molar-refractivity contribution in [1.29, 1.82) is 0 Å². The van der Waals surface area contributed by atoms with Gasteiger partial charge in [0.25, 0.3) is 5.91 Å². The molecule has 4 rings (SSSR count). The van der Waals surface area contributed by atoms with Crippen LogP contribution in [-0.2, 0) is 22.3 Å². The molecule has 0 N–H and O–H groups in total. The van der Waals surface area contributed by atoms with Gasteiger partial charge < -0.3 is 14.4 Å². The van der Waals surface area contributed by atoms with Crippen LogP contribution in [0, 0.1) is 5.92 Å². The van der Waals surface area contributed by atoms with Gasteiger partial charge in [-0.15, -0.1) is 11.3 Å². The van der Waals surface area contributed by atoms with Gasteiger partial charge in [-0.25, -0.2) is 0 Å². The zero-order valence-electron chi connectivity index (χ0n) is 12.9. The van der Waals surface area contributed by atoms with E-state index >= 15 is 0 Å². The standard InChI is InChI=1S/C17H23NO3S/c19-16(14-11-22-15-4-2-1-3-13(14)15)18-7-5-12(6-8-18)17-20-9-10-21-17/h11-12,17H,1-10H2. The van der Waals surface area contributed by atoms with Crippen molar-refractivity contribution < 1.29 is 14.3 Å². The number of nitrogens with zero attached hydrogens (tertiary/aromatic N) is 1. The molecule has 2 saturated heterocycles. The van der Waals surface area contributed by atoms with Crippen LogP contribution >= 0.6 is 11.3 Å². The highest BCUT2D eigenvalue weighted by Crippen LogP contribution is 2.32. The SMILES string of the molecule is O=C(c1csc2c1CCCC2)N1CCC(C2OCCO2)CC1. The fraction of sp³-hybridized carbons (Fsp3) is 0.706. The second kappa shape index (κ2) is 6.30. The Hall–Kier alpha value is -0.910. The first-order valence-electron chi connectivity index (χ1n) is 8.44. The molecule has 2 fully saturated rings. The van der Waals surface area contributed by atoms with Crippen LogP contribution in [0.1, 0.15) is 46.5 Å². The van der Waals surface area contributed by atoms with Gasteiger partial charge in [0.1, 0.15) is 0 Å². The number of fused-ring (bicyclic) bond motifs is 1. The van der Waals surface area contributed by atoms with Gasteiger partial charge in [0, 0.05) is 29.3 Å². The molecular formula is C17H23NO3S. The predicted molar refractivity (Wildman–Crippen MR) is 85.3 cm³/mol. The van der Waals surface area contributed by atoms with Crippen LogP contribution in [0.3, 0.4) is 0 Å². The summed E-state index contributed by atoms with van der Waals surface area (Å²) in [4.78, 5) is 16.3. The van der Waals surface area contributed by atoms with E-state index < -0.39 is 0 Å². The molecule has 1 aliphatic carbocycles. The summed E-state index contributed by atoms with van der Waals surface area (Å²) in [5.74, 6) is 0.689. The van der Waals surface area contributed by atoms with E-state index in [0.717, 1.165) is 44.3 Å². The normalized spacial score (nSPS) is 23.7. The molecule has 1 aromatic heterocycles. The van der Waals surface area contributed by atoms with Gasteiger partial charge in [0.2, 0.25) is 0 Å². The van der Waals surface area contributed by atoms with Crippen LogP contribution in [-0.4, -0.2) is 43.4 Å². The van der Waals surface area contributed by atoms with Crippen molar-refractivity contribution in [1.82, 2.24) is 4.90 Å². The fourth-order valence-electron chi connectivity index (χ4n) is 3.87. The number of amides is 1. The zero-order chi connectivity index (χ0) is 14.9. The minimum Gasteiger partial charge on any atom is -0.350 e. The summed E-state index contributed by atoms with van der Waals surface area (Å²) in [7, 11) is 0. The van der Waals surface area contributed by atoms with E-state index in [0.29, 0.717) is 19.1 Å². The van der Waals surface area contributed by atoms with E-state index in [2.05, 4.69) is 5.38 Å². The van der Waals surface area contributed by atoms with Crippen LogP contribution in [0.25, 0.3) is 0 Å². The average Bonchev–Trinajstić information content (AvgIpc) is 3.24. The summed E-state index contributed by atoms with van der Waals surface area (Å²) in [5.41, 5.74) is 2.32. The molecule has 2 aliphatic heterocycles. The second-order valence-electron chi connectivity index (χ2n) is 6.50. The molecule has 0 aromatic carbocycles. The number of ether oxygens (including phenoxy) is 2. The molecule has 5 heteroatoms. The molecule has 3 aliphatic rings. The first-order chi connectivity index (χ1) is 10.8. The largest absolute Gasteiger partial charge is 0.350 e. The third-order valence-corrected chi connectivity index (χ3v) is 6.24. The number of thiophene rings is 1. The Morgan fingerprint density at radius 3 is 2.64 bits per heavy atom. The third-order valence-electron chi connectivity index (χ3n) is 5.15. The third kappa shape index (κ3) is 2.70. The molecule has 0 bridgehead atoms. The molecule has 0 atom stereocenters. The Kier molecular flexibility index (Phi) is 4.20. The first kappa shape index (κ1) is 14.7. The van der Waals surface area contributed by atoms with Gasteiger partial charge in [0.15, 0.2) is 6.29 Å². The van der Waals surface area contributed by atoms with Crippen molar-refractivity contribution in [3.8, 4) is 0 Å². The summed E-state index contributed by atoms with van der Waals surface area (Å²) in [6, 6.07) is 0. The summed E-state index contributed by atoms with van der Waals surface area (Å²) < 4.78 is 11.2. The topological polar surface area (TPSA) is 38.8 Å². The predicted octanol–water partition coefficient (Wildman–Crippen LogP) is 2.85. The van der Waals surface area contributed by atoms with E-state index in [-0.39, 0.29) is 12.2 Å². The van der Waals surface area contributed by atoms with Gasteiger partial charge in [-0.2, -0.15) is 0 Å². The van der Waals surface area contributed by atoms with E-state index in [1.165, 1.54) is 23.3 Å². The van der Waals surface area contributed by atoms with Crippen LogP contribution in [0.15, 0.2) is 5.38 Å². The smallest absolute Gasteiger partial charge is 0.254 e. The molecule has 120 valence electrons. The summed E-state index contributed by atoms with van der Waals surface area (Å²) >= 11 is 1.78. The molecule has 22 heavy (non-hydrogen) atoms. The van der Waals surface area contributed by atoms with Crippen molar-refractivity contribution in [3.05, 3.63) is 21.4 Å². The number of carbonyl (C=O) groups is 1. The Morgan fingerprint density at radius 2 is 1.86 bits per heavy atom. The van der Waals surface area contributed by atoms with Gasteiger partial charge in [-0.05, 0) is 44.1 Å². The maximum absolute atomic E-state index is 12.8. The van der Waals surface area contributed by atoms with Crippen LogP contribution in [0.5, 0.6) is 0 Å². The van der Waals surface area contributed by atoms with Crippen molar-refractivity contribution in [3.63, 3.8) is 0 Å². The monoisotopic (exact) mass is 321 g/mol. The number of carbonyl (C=O) groups excluding carboxylic acids is 1. The number of aryl methyl sites for hydroxylation is 1. The van der Waals surface area contributed by atoms with Crippen molar-refractivity contribution >= 4 is 17.2 Å². The number of hydrogen-bond acceptors (Lipinski definition) is 4. The quantitative estimate of drug-likeness (QED) is 0.841. The van der Waals surface area contributed by atoms with E-state index in [1.807, 2.05) is 4.90 Å². The first-order valence-corrected chi connectivity index (χ1v) is 9.32. The van der Waals surface area contributed by atoms with Crippen LogP contribution in [0.4, 0.5) is 0 Å².